The van der Waals surface area contributed by atoms with Crippen molar-refractivity contribution in [2.24, 2.45) is 0 Å². The van der Waals surface area contributed by atoms with Crippen molar-refractivity contribution in [3.63, 3.8) is 0 Å². The maximum atomic E-state index is 3.36. The number of aryl methyl sites for hydroxylation is 2. The van der Waals surface area contributed by atoms with Crippen molar-refractivity contribution < 1.29 is 0 Å². The van der Waals surface area contributed by atoms with E-state index in [0.29, 0.717) is 6.04 Å². The van der Waals surface area contributed by atoms with Gasteiger partial charge in [0.05, 0.1) is 0 Å². The first-order valence-corrected chi connectivity index (χ1v) is 8.12. The van der Waals surface area contributed by atoms with Crippen LogP contribution in [0.4, 0.5) is 0 Å². The third-order valence-electron chi connectivity index (χ3n) is 4.37. The molecule has 1 N–H and O–H groups in total. The zero-order valence-electron chi connectivity index (χ0n) is 13.7. The Hall–Kier alpha value is -1.60. The molecular formula is C20H27N. The van der Waals surface area contributed by atoms with Gasteiger partial charge in [-0.2, -0.15) is 0 Å². The second-order valence-electron chi connectivity index (χ2n) is 5.56. The summed E-state index contributed by atoms with van der Waals surface area (Å²) in [5.74, 6) is 0. The molecule has 21 heavy (non-hydrogen) atoms. The SMILES string of the molecule is CCc1ccc(-c2ccc(C(CC)NC)cc2)cc1CC. The Bertz CT molecular complexity index is 565. The van der Waals surface area contributed by atoms with Crippen LogP contribution in [0.2, 0.25) is 0 Å². The third-order valence-corrected chi connectivity index (χ3v) is 4.37. The first-order valence-electron chi connectivity index (χ1n) is 8.12. The molecule has 1 unspecified atom stereocenters. The normalized spacial score (nSPS) is 12.4. The summed E-state index contributed by atoms with van der Waals surface area (Å²) in [6.45, 7) is 6.68. The molecule has 0 spiro atoms. The Balaban J connectivity index is 2.30. The predicted molar refractivity (Wildman–Crippen MR) is 92.7 cm³/mol. The van der Waals surface area contributed by atoms with Crippen molar-refractivity contribution in [1.82, 2.24) is 5.32 Å². The van der Waals surface area contributed by atoms with Crippen molar-refractivity contribution in [3.8, 4) is 11.1 Å². The van der Waals surface area contributed by atoms with Gasteiger partial charge in [-0.15, -0.1) is 0 Å². The molecule has 112 valence electrons. The third kappa shape index (κ3) is 3.54. The van der Waals surface area contributed by atoms with Gasteiger partial charge in [0, 0.05) is 6.04 Å². The fourth-order valence-electron chi connectivity index (χ4n) is 2.99. The summed E-state index contributed by atoms with van der Waals surface area (Å²) in [6, 6.07) is 16.3. The lowest BCUT2D eigenvalue weighted by Crippen LogP contribution is -2.14. The average molecular weight is 281 g/mol. The highest BCUT2D eigenvalue weighted by Gasteiger charge is 2.07. The predicted octanol–water partition coefficient (Wildman–Crippen LogP) is 5.15. The smallest absolute Gasteiger partial charge is 0.0314 e. The van der Waals surface area contributed by atoms with Crippen LogP contribution < -0.4 is 5.32 Å². The molecule has 1 nitrogen and oxygen atoms in total. The second kappa shape index (κ2) is 7.42. The lowest BCUT2D eigenvalue weighted by molar-refractivity contribution is 0.577. The lowest BCUT2D eigenvalue weighted by atomic mass is 9.95. The number of benzene rings is 2. The van der Waals surface area contributed by atoms with Crippen molar-refractivity contribution in [2.45, 2.75) is 46.1 Å². The minimum Gasteiger partial charge on any atom is -0.313 e. The van der Waals surface area contributed by atoms with E-state index in [1.807, 2.05) is 7.05 Å². The van der Waals surface area contributed by atoms with Crippen LogP contribution in [0.5, 0.6) is 0 Å². The molecule has 0 aliphatic rings. The molecule has 2 aromatic carbocycles. The van der Waals surface area contributed by atoms with Crippen LogP contribution in [0.25, 0.3) is 11.1 Å². The van der Waals surface area contributed by atoms with Crippen LogP contribution >= 0.6 is 0 Å². The summed E-state index contributed by atoms with van der Waals surface area (Å²) in [5.41, 5.74) is 6.94. The summed E-state index contributed by atoms with van der Waals surface area (Å²) < 4.78 is 0. The molecule has 0 saturated heterocycles. The standard InChI is InChI=1S/C20H27N/c1-5-15-8-13-19(14-16(15)6-2)17-9-11-18(12-10-17)20(7-3)21-4/h8-14,20-21H,5-7H2,1-4H3. The molecule has 0 bridgehead atoms. The van der Waals surface area contributed by atoms with Gasteiger partial charge in [0.2, 0.25) is 0 Å². The molecule has 2 rings (SSSR count). The maximum Gasteiger partial charge on any atom is 0.0314 e. The highest BCUT2D eigenvalue weighted by molar-refractivity contribution is 5.65. The summed E-state index contributed by atoms with van der Waals surface area (Å²) >= 11 is 0. The molecule has 0 aliphatic carbocycles. The number of rotatable bonds is 6. The van der Waals surface area contributed by atoms with E-state index in [2.05, 4.69) is 68.6 Å². The van der Waals surface area contributed by atoms with E-state index in [0.717, 1.165) is 19.3 Å². The largest absolute Gasteiger partial charge is 0.313 e. The molecule has 0 aromatic heterocycles. The van der Waals surface area contributed by atoms with Crippen LogP contribution in [-0.2, 0) is 12.8 Å². The Morgan fingerprint density at radius 3 is 1.95 bits per heavy atom. The summed E-state index contributed by atoms with van der Waals surface area (Å²) in [4.78, 5) is 0. The van der Waals surface area contributed by atoms with E-state index in [1.54, 1.807) is 0 Å². The fourth-order valence-corrected chi connectivity index (χ4v) is 2.99. The van der Waals surface area contributed by atoms with Gasteiger partial charge in [-0.25, -0.2) is 0 Å². The molecule has 1 heteroatoms. The number of hydrogen-bond donors (Lipinski definition) is 1. The van der Waals surface area contributed by atoms with Gasteiger partial charge in [0.1, 0.15) is 0 Å². The van der Waals surface area contributed by atoms with Gasteiger partial charge in [-0.05, 0) is 54.1 Å². The van der Waals surface area contributed by atoms with Crippen molar-refractivity contribution in [3.05, 3.63) is 59.2 Å². The quantitative estimate of drug-likeness (QED) is 0.772. The van der Waals surface area contributed by atoms with E-state index in [-0.39, 0.29) is 0 Å². The van der Waals surface area contributed by atoms with E-state index in [1.165, 1.54) is 27.8 Å². The van der Waals surface area contributed by atoms with E-state index in [9.17, 15) is 0 Å². The van der Waals surface area contributed by atoms with E-state index in [4.69, 9.17) is 0 Å². The molecule has 2 aromatic rings. The highest BCUT2D eigenvalue weighted by Crippen LogP contribution is 2.25. The molecule has 0 amide bonds. The summed E-state index contributed by atoms with van der Waals surface area (Å²) in [5, 5.41) is 3.36. The van der Waals surface area contributed by atoms with Gasteiger partial charge >= 0.3 is 0 Å². The Labute approximate surface area is 129 Å². The fraction of sp³-hybridized carbons (Fsp3) is 0.400. The van der Waals surface area contributed by atoms with Gasteiger partial charge in [0.15, 0.2) is 0 Å². The zero-order chi connectivity index (χ0) is 15.2. The van der Waals surface area contributed by atoms with Crippen LogP contribution in [0.3, 0.4) is 0 Å². The molecule has 1 atom stereocenters. The zero-order valence-corrected chi connectivity index (χ0v) is 13.7. The Kier molecular flexibility index (Phi) is 5.58. The first kappa shape index (κ1) is 15.8. The topological polar surface area (TPSA) is 12.0 Å². The Morgan fingerprint density at radius 1 is 0.810 bits per heavy atom. The molecular weight excluding hydrogens is 254 g/mol. The van der Waals surface area contributed by atoms with Crippen molar-refractivity contribution >= 4 is 0 Å². The molecule has 0 fully saturated rings. The number of nitrogens with one attached hydrogen (secondary N) is 1. The van der Waals surface area contributed by atoms with Gasteiger partial charge < -0.3 is 5.32 Å². The molecule has 0 aliphatic heterocycles. The van der Waals surface area contributed by atoms with Crippen LogP contribution in [0.15, 0.2) is 42.5 Å². The monoisotopic (exact) mass is 281 g/mol. The minimum atomic E-state index is 0.452. The summed E-state index contributed by atoms with van der Waals surface area (Å²) in [6.07, 6.45) is 3.33. The van der Waals surface area contributed by atoms with Crippen molar-refractivity contribution in [1.29, 1.82) is 0 Å². The molecule has 0 radical (unpaired) electrons. The molecule has 0 saturated carbocycles. The van der Waals surface area contributed by atoms with E-state index >= 15 is 0 Å². The second-order valence-corrected chi connectivity index (χ2v) is 5.56. The average Bonchev–Trinajstić information content (AvgIpc) is 2.56. The molecule has 0 heterocycles. The van der Waals surface area contributed by atoms with E-state index < -0.39 is 0 Å². The van der Waals surface area contributed by atoms with Crippen LogP contribution in [0, 0.1) is 0 Å². The summed E-state index contributed by atoms with van der Waals surface area (Å²) in [7, 11) is 2.03. The van der Waals surface area contributed by atoms with Gasteiger partial charge in [0.25, 0.3) is 0 Å². The van der Waals surface area contributed by atoms with Crippen LogP contribution in [0.1, 0.15) is 49.9 Å². The Morgan fingerprint density at radius 2 is 1.43 bits per heavy atom. The van der Waals surface area contributed by atoms with Gasteiger partial charge in [-0.3, -0.25) is 0 Å². The first-order chi connectivity index (χ1) is 10.2. The van der Waals surface area contributed by atoms with Crippen LogP contribution in [-0.4, -0.2) is 7.05 Å². The number of hydrogen-bond acceptors (Lipinski definition) is 1. The maximum absolute atomic E-state index is 3.36. The minimum absolute atomic E-state index is 0.452. The lowest BCUT2D eigenvalue weighted by Gasteiger charge is -2.15. The van der Waals surface area contributed by atoms with Crippen molar-refractivity contribution in [2.75, 3.05) is 7.05 Å². The highest BCUT2D eigenvalue weighted by atomic mass is 14.9. The van der Waals surface area contributed by atoms with Gasteiger partial charge in [-0.1, -0.05) is 63.2 Å².